The molecule has 0 aromatic heterocycles. The average molecular weight is 493 g/mol. The largest absolute Gasteiger partial charge is 0.493 e. The van der Waals surface area contributed by atoms with Crippen LogP contribution in [0.2, 0.25) is 0 Å². The van der Waals surface area contributed by atoms with E-state index in [0.717, 1.165) is 11.1 Å². The standard InChI is InChI=1S/C25H36N2O8/c1-14(2)9-18(22(30)25(12-29)13-35-25)26-24(32)19(11-28)27-23(31)16-6-5-15-7-8-20(33-3)21(34-4)17(15)10-16/h7-8,14,16,18-19,28-29H,5-6,9-13H2,1-4H3,(H,26,32)(H,27,31). The molecule has 4 atom stereocenters. The molecular weight excluding hydrogens is 456 g/mol. The number of nitrogens with one attached hydrogen (secondary N) is 2. The molecule has 1 saturated heterocycles. The molecular formula is C25H36N2O8. The Labute approximate surface area is 205 Å². The lowest BCUT2D eigenvalue weighted by Gasteiger charge is -2.28. The van der Waals surface area contributed by atoms with Gasteiger partial charge in [-0.15, -0.1) is 0 Å². The van der Waals surface area contributed by atoms with Gasteiger partial charge >= 0.3 is 0 Å². The highest BCUT2D eigenvalue weighted by atomic mass is 16.6. The SMILES string of the molecule is COc1ccc2c(c1OC)CC(C(=O)NC(CO)C(=O)NC(CC(C)C)C(=O)C1(CO)CO1)CC2. The molecule has 1 aromatic carbocycles. The number of fused-ring (bicyclic) bond motifs is 1. The number of aliphatic hydroxyl groups excluding tert-OH is 2. The van der Waals surface area contributed by atoms with E-state index in [9.17, 15) is 24.6 Å². The lowest BCUT2D eigenvalue weighted by Crippen LogP contribution is -2.56. The number of Topliss-reactive ketones (excluding diaryl/α,β-unsaturated/α-hetero) is 1. The summed E-state index contributed by atoms with van der Waals surface area (Å²) in [4.78, 5) is 38.9. The first-order valence-electron chi connectivity index (χ1n) is 11.9. The first kappa shape index (κ1) is 26.9. The molecule has 194 valence electrons. The zero-order valence-corrected chi connectivity index (χ0v) is 20.8. The maximum Gasteiger partial charge on any atom is 0.245 e. The number of epoxide rings is 1. The molecule has 1 aromatic rings. The number of methoxy groups -OCH3 is 2. The first-order valence-corrected chi connectivity index (χ1v) is 11.9. The van der Waals surface area contributed by atoms with E-state index < -0.39 is 48.5 Å². The molecule has 4 N–H and O–H groups in total. The smallest absolute Gasteiger partial charge is 0.245 e. The molecule has 4 unspecified atom stereocenters. The number of rotatable bonds is 12. The summed E-state index contributed by atoms with van der Waals surface area (Å²) in [6.07, 6.45) is 1.99. The van der Waals surface area contributed by atoms with E-state index in [0.29, 0.717) is 37.2 Å². The third kappa shape index (κ3) is 5.94. The van der Waals surface area contributed by atoms with Crippen LogP contribution in [0.4, 0.5) is 0 Å². The zero-order chi connectivity index (χ0) is 25.8. The van der Waals surface area contributed by atoms with Gasteiger partial charge in [-0.1, -0.05) is 19.9 Å². The van der Waals surface area contributed by atoms with Gasteiger partial charge in [0.15, 0.2) is 22.9 Å². The van der Waals surface area contributed by atoms with Gasteiger partial charge in [0.25, 0.3) is 0 Å². The highest BCUT2D eigenvalue weighted by molar-refractivity contribution is 5.98. The van der Waals surface area contributed by atoms with Crippen LogP contribution in [0.1, 0.15) is 37.8 Å². The molecule has 0 radical (unpaired) electrons. The minimum atomic E-state index is -1.28. The molecule has 1 heterocycles. The minimum absolute atomic E-state index is 0.0789. The van der Waals surface area contributed by atoms with Crippen LogP contribution in [0.25, 0.3) is 0 Å². The van der Waals surface area contributed by atoms with Gasteiger partial charge in [-0.05, 0) is 43.2 Å². The van der Waals surface area contributed by atoms with Gasteiger partial charge < -0.3 is 35.1 Å². The van der Waals surface area contributed by atoms with Crippen molar-refractivity contribution in [2.24, 2.45) is 11.8 Å². The van der Waals surface area contributed by atoms with Gasteiger partial charge in [0.2, 0.25) is 11.8 Å². The van der Waals surface area contributed by atoms with Gasteiger partial charge in [0.05, 0.1) is 40.1 Å². The Bertz CT molecular complexity index is 944. The lowest BCUT2D eigenvalue weighted by atomic mass is 9.82. The molecule has 1 aliphatic carbocycles. The Hall–Kier alpha value is -2.69. The molecule has 1 fully saturated rings. The van der Waals surface area contributed by atoms with Gasteiger partial charge in [0.1, 0.15) is 6.04 Å². The van der Waals surface area contributed by atoms with E-state index in [4.69, 9.17) is 14.2 Å². The van der Waals surface area contributed by atoms with Crippen molar-refractivity contribution < 1.29 is 38.8 Å². The lowest BCUT2D eigenvalue weighted by molar-refractivity contribution is -0.135. The van der Waals surface area contributed by atoms with E-state index in [1.165, 1.54) is 0 Å². The van der Waals surface area contributed by atoms with Crippen LogP contribution in [-0.2, 0) is 32.0 Å². The van der Waals surface area contributed by atoms with E-state index in [-0.39, 0.29) is 18.4 Å². The maximum atomic E-state index is 13.1. The van der Waals surface area contributed by atoms with Gasteiger partial charge in [-0.25, -0.2) is 0 Å². The average Bonchev–Trinajstić information content (AvgIpc) is 3.66. The predicted octanol–water partition coefficient (Wildman–Crippen LogP) is 0.147. The summed E-state index contributed by atoms with van der Waals surface area (Å²) in [6.45, 7) is 2.82. The van der Waals surface area contributed by atoms with Crippen LogP contribution >= 0.6 is 0 Å². The summed E-state index contributed by atoms with van der Waals surface area (Å²) in [5.74, 6) is -0.598. The Morgan fingerprint density at radius 1 is 1.14 bits per heavy atom. The van der Waals surface area contributed by atoms with Crippen molar-refractivity contribution in [3.8, 4) is 11.5 Å². The second kappa shape index (κ2) is 11.4. The number of ether oxygens (including phenoxy) is 3. The topological polar surface area (TPSA) is 147 Å². The molecule has 2 amide bonds. The molecule has 0 bridgehead atoms. The number of aryl methyl sites for hydroxylation is 1. The maximum absolute atomic E-state index is 13.1. The third-order valence-electron chi connectivity index (χ3n) is 6.68. The Balaban J connectivity index is 1.68. The number of hydrogen-bond donors (Lipinski definition) is 4. The Morgan fingerprint density at radius 3 is 2.40 bits per heavy atom. The molecule has 3 rings (SSSR count). The fourth-order valence-corrected chi connectivity index (χ4v) is 4.57. The fourth-order valence-electron chi connectivity index (χ4n) is 4.57. The summed E-state index contributed by atoms with van der Waals surface area (Å²) in [5.41, 5.74) is 0.698. The van der Waals surface area contributed by atoms with Crippen molar-refractivity contribution in [2.45, 2.75) is 57.2 Å². The Kier molecular flexibility index (Phi) is 8.74. The van der Waals surface area contributed by atoms with Crippen LogP contribution < -0.4 is 20.1 Å². The number of aliphatic hydroxyl groups is 2. The zero-order valence-electron chi connectivity index (χ0n) is 20.8. The third-order valence-corrected chi connectivity index (χ3v) is 6.68. The van der Waals surface area contributed by atoms with Gasteiger partial charge in [-0.2, -0.15) is 0 Å². The van der Waals surface area contributed by atoms with Crippen molar-refractivity contribution >= 4 is 17.6 Å². The minimum Gasteiger partial charge on any atom is -0.493 e. The first-order chi connectivity index (χ1) is 16.7. The Morgan fingerprint density at radius 2 is 1.86 bits per heavy atom. The summed E-state index contributed by atoms with van der Waals surface area (Å²) in [6, 6.07) is 1.68. The van der Waals surface area contributed by atoms with Crippen LogP contribution in [0.15, 0.2) is 12.1 Å². The summed E-state index contributed by atoms with van der Waals surface area (Å²) in [5, 5.41) is 24.7. The van der Waals surface area contributed by atoms with Crippen molar-refractivity contribution in [3.05, 3.63) is 23.3 Å². The van der Waals surface area contributed by atoms with E-state index in [1.54, 1.807) is 14.2 Å². The molecule has 10 nitrogen and oxygen atoms in total. The number of amides is 2. The van der Waals surface area contributed by atoms with Gasteiger partial charge in [0, 0.05) is 11.5 Å². The number of benzene rings is 1. The van der Waals surface area contributed by atoms with Gasteiger partial charge in [-0.3, -0.25) is 14.4 Å². The second-order valence-electron chi connectivity index (χ2n) is 9.62. The second-order valence-corrected chi connectivity index (χ2v) is 9.62. The number of ketones is 1. The summed E-state index contributed by atoms with van der Waals surface area (Å²) >= 11 is 0. The van der Waals surface area contributed by atoms with E-state index in [1.807, 2.05) is 26.0 Å². The molecule has 0 spiro atoms. The van der Waals surface area contributed by atoms with Crippen molar-refractivity contribution in [1.29, 1.82) is 0 Å². The highest BCUT2D eigenvalue weighted by Gasteiger charge is 2.54. The highest BCUT2D eigenvalue weighted by Crippen LogP contribution is 2.39. The normalized spacial score (nSPS) is 22.5. The van der Waals surface area contributed by atoms with Crippen molar-refractivity contribution in [1.82, 2.24) is 10.6 Å². The van der Waals surface area contributed by atoms with Crippen LogP contribution in [0.5, 0.6) is 11.5 Å². The van der Waals surface area contributed by atoms with Crippen molar-refractivity contribution in [3.63, 3.8) is 0 Å². The molecule has 2 aliphatic rings. The van der Waals surface area contributed by atoms with Crippen molar-refractivity contribution in [2.75, 3.05) is 34.0 Å². The number of hydrogen-bond acceptors (Lipinski definition) is 8. The molecule has 0 saturated carbocycles. The van der Waals surface area contributed by atoms with Crippen LogP contribution in [-0.4, -0.2) is 79.5 Å². The van der Waals surface area contributed by atoms with E-state index >= 15 is 0 Å². The van der Waals surface area contributed by atoms with Crippen LogP contribution in [0, 0.1) is 11.8 Å². The number of carbonyl (C=O) groups excluding carboxylic acids is 3. The molecule has 35 heavy (non-hydrogen) atoms. The number of carbonyl (C=O) groups is 3. The van der Waals surface area contributed by atoms with E-state index in [2.05, 4.69) is 10.6 Å². The fraction of sp³-hybridized carbons (Fsp3) is 0.640. The summed E-state index contributed by atoms with van der Waals surface area (Å²) < 4.78 is 16.0. The predicted molar refractivity (Wildman–Crippen MR) is 126 cm³/mol. The van der Waals surface area contributed by atoms with Crippen LogP contribution in [0.3, 0.4) is 0 Å². The molecule has 1 aliphatic heterocycles. The molecule has 10 heteroatoms. The summed E-state index contributed by atoms with van der Waals surface area (Å²) in [7, 11) is 3.10. The quantitative estimate of drug-likeness (QED) is 0.302. The monoisotopic (exact) mass is 492 g/mol.